The van der Waals surface area contributed by atoms with Crippen molar-refractivity contribution in [1.82, 2.24) is 9.88 Å². The number of carbonyl (C=O) groups is 5. The molecule has 1 aromatic rings. The first-order chi connectivity index (χ1) is 19.6. The fourth-order valence-electron chi connectivity index (χ4n) is 8.20. The summed E-state index contributed by atoms with van der Waals surface area (Å²) in [6, 6.07) is 4.39. The lowest BCUT2D eigenvalue weighted by Crippen LogP contribution is -2.48. The summed E-state index contributed by atoms with van der Waals surface area (Å²) in [5, 5.41) is 0. The molecular weight excluding hydrogens is 534 g/mol. The molecule has 9 heteroatoms. The quantitative estimate of drug-likeness (QED) is 0.311. The first-order valence-corrected chi connectivity index (χ1v) is 15.3. The Labute approximate surface area is 248 Å². The van der Waals surface area contributed by atoms with E-state index in [1.807, 2.05) is 20.8 Å². The topological polar surface area (TPSA) is 137 Å². The van der Waals surface area contributed by atoms with Crippen LogP contribution in [0.2, 0.25) is 0 Å². The van der Waals surface area contributed by atoms with Gasteiger partial charge in [-0.2, -0.15) is 0 Å². The van der Waals surface area contributed by atoms with Gasteiger partial charge in [0.15, 0.2) is 11.6 Å². The van der Waals surface area contributed by atoms with Gasteiger partial charge < -0.3 is 15.4 Å². The highest BCUT2D eigenvalue weighted by Crippen LogP contribution is 2.84. The first-order valence-electron chi connectivity index (χ1n) is 15.3. The zero-order valence-corrected chi connectivity index (χ0v) is 25.6. The van der Waals surface area contributed by atoms with Crippen molar-refractivity contribution in [2.24, 2.45) is 45.1 Å². The zero-order chi connectivity index (χ0) is 30.7. The Balaban J connectivity index is 1.44. The fraction of sp³-hybridized carbons (Fsp3) is 0.697. The predicted octanol–water partition coefficient (Wildman–Crippen LogP) is 3.78. The molecule has 2 aliphatic heterocycles. The molecule has 2 N–H and O–H groups in total. The van der Waals surface area contributed by atoms with Crippen LogP contribution in [0, 0.1) is 39.4 Å². The predicted molar refractivity (Wildman–Crippen MR) is 155 cm³/mol. The number of hydrogen-bond acceptors (Lipinski definition) is 7. The Kier molecular flexibility index (Phi) is 7.74. The second-order valence-electron chi connectivity index (χ2n) is 14.9. The summed E-state index contributed by atoms with van der Waals surface area (Å²) in [4.78, 5) is 72.5. The van der Waals surface area contributed by atoms with E-state index in [2.05, 4.69) is 18.8 Å². The first kappa shape index (κ1) is 30.5. The summed E-state index contributed by atoms with van der Waals surface area (Å²) in [5.74, 6) is -3.51. The Morgan fingerprint density at radius 3 is 2.24 bits per heavy atom. The number of hydrogen-bond donors (Lipinski definition) is 1. The van der Waals surface area contributed by atoms with Crippen molar-refractivity contribution in [3.05, 3.63) is 30.1 Å². The molecule has 4 atom stereocenters. The molecule has 4 aliphatic rings. The highest BCUT2D eigenvalue weighted by atomic mass is 16.5. The summed E-state index contributed by atoms with van der Waals surface area (Å²) >= 11 is 0. The van der Waals surface area contributed by atoms with Crippen molar-refractivity contribution in [3.8, 4) is 0 Å². The summed E-state index contributed by atoms with van der Waals surface area (Å²) in [7, 11) is 0. The largest absolute Gasteiger partial charge is 0.380 e. The van der Waals surface area contributed by atoms with Crippen molar-refractivity contribution in [3.63, 3.8) is 0 Å². The summed E-state index contributed by atoms with van der Waals surface area (Å²) < 4.78 is 5.67. The van der Waals surface area contributed by atoms with Gasteiger partial charge in [0, 0.05) is 42.3 Å². The summed E-state index contributed by atoms with van der Waals surface area (Å²) in [5.41, 5.74) is 4.60. The number of primary amides is 1. The van der Waals surface area contributed by atoms with Crippen LogP contribution >= 0.6 is 0 Å². The molecule has 2 spiro atoms. The number of ether oxygens (including phenoxy) is 1. The number of pyridine rings is 1. The third kappa shape index (κ3) is 4.81. The minimum atomic E-state index is -1.02. The van der Waals surface area contributed by atoms with Crippen molar-refractivity contribution in [1.29, 1.82) is 0 Å². The van der Waals surface area contributed by atoms with E-state index in [1.165, 1.54) is 0 Å². The molecule has 3 heterocycles. The molecule has 1 unspecified atom stereocenters. The van der Waals surface area contributed by atoms with Crippen LogP contribution in [-0.2, 0) is 23.9 Å². The van der Waals surface area contributed by atoms with Crippen LogP contribution in [0.1, 0.15) is 90.1 Å². The van der Waals surface area contributed by atoms with Crippen molar-refractivity contribution < 1.29 is 28.7 Å². The molecule has 2 saturated carbocycles. The van der Waals surface area contributed by atoms with Gasteiger partial charge in [0.05, 0.1) is 25.2 Å². The summed E-state index contributed by atoms with van der Waals surface area (Å²) in [6.07, 6.45) is 5.40. The smallest absolute Gasteiger partial charge is 0.285 e. The molecular formula is C33H45N3O6. The van der Waals surface area contributed by atoms with E-state index in [-0.39, 0.29) is 46.6 Å². The standard InChI is InChI=1S/C33H45N3O6/c1-30(2,3)22(15-25(37)23-11-6-7-12-35-23)29(41)36-17-32(31(4,5)33(32)18-42-19-33)16-24(36)26(38)14-21(27(39)28(34)40)13-20-9-8-10-20/h6-7,11-12,20-22,24H,8-10,13-19H2,1-5H3,(H2,34,40)/t21?,22-,24+,32-/m1/s1. The minimum Gasteiger partial charge on any atom is -0.380 e. The second kappa shape index (κ2) is 10.6. The lowest BCUT2D eigenvalue weighted by atomic mass is 9.75. The Morgan fingerprint density at radius 1 is 1.07 bits per heavy atom. The lowest BCUT2D eigenvalue weighted by Gasteiger charge is -2.35. The molecule has 0 bridgehead atoms. The van der Waals surface area contributed by atoms with Gasteiger partial charge in [-0.05, 0) is 41.7 Å². The molecule has 2 amide bonds. The highest BCUT2D eigenvalue weighted by Gasteiger charge is 2.86. The van der Waals surface area contributed by atoms with Crippen LogP contribution in [-0.4, -0.2) is 64.8 Å². The molecule has 42 heavy (non-hydrogen) atoms. The Bertz CT molecular complexity index is 1280. The fourth-order valence-corrected chi connectivity index (χ4v) is 8.20. The van der Waals surface area contributed by atoms with Gasteiger partial charge in [0.2, 0.25) is 11.7 Å². The molecule has 5 rings (SSSR count). The molecule has 4 fully saturated rings. The van der Waals surface area contributed by atoms with E-state index in [0.29, 0.717) is 44.2 Å². The number of nitrogens with zero attached hydrogens (tertiary/aromatic N) is 2. The van der Waals surface area contributed by atoms with Gasteiger partial charge in [0.1, 0.15) is 5.69 Å². The lowest BCUT2D eigenvalue weighted by molar-refractivity contribution is -0.145. The van der Waals surface area contributed by atoms with Gasteiger partial charge in [-0.15, -0.1) is 0 Å². The van der Waals surface area contributed by atoms with Gasteiger partial charge in [0.25, 0.3) is 5.91 Å². The van der Waals surface area contributed by atoms with E-state index in [4.69, 9.17) is 10.5 Å². The van der Waals surface area contributed by atoms with Gasteiger partial charge in [-0.1, -0.05) is 59.9 Å². The van der Waals surface area contributed by atoms with Crippen LogP contribution in [0.3, 0.4) is 0 Å². The van der Waals surface area contributed by atoms with E-state index in [9.17, 15) is 24.0 Å². The minimum absolute atomic E-state index is 0.0220. The van der Waals surface area contributed by atoms with Crippen molar-refractivity contribution in [2.75, 3.05) is 19.8 Å². The average molecular weight is 580 g/mol. The van der Waals surface area contributed by atoms with Crippen LogP contribution in [0.5, 0.6) is 0 Å². The zero-order valence-electron chi connectivity index (χ0n) is 25.6. The number of Topliss-reactive ketones (excluding diaryl/α,β-unsaturated/α-hetero) is 3. The molecule has 0 radical (unpaired) electrons. The summed E-state index contributed by atoms with van der Waals surface area (Å²) in [6.45, 7) is 11.8. The van der Waals surface area contributed by atoms with Gasteiger partial charge in [-0.3, -0.25) is 29.0 Å². The van der Waals surface area contributed by atoms with Crippen LogP contribution < -0.4 is 5.73 Å². The van der Waals surface area contributed by atoms with E-state index in [1.54, 1.807) is 29.3 Å². The van der Waals surface area contributed by atoms with Crippen LogP contribution in [0.25, 0.3) is 0 Å². The maximum absolute atomic E-state index is 14.5. The van der Waals surface area contributed by atoms with Crippen LogP contribution in [0.15, 0.2) is 24.4 Å². The average Bonchev–Trinajstić information content (AvgIpc) is 3.11. The third-order valence-corrected chi connectivity index (χ3v) is 11.5. The number of amides is 2. The van der Waals surface area contributed by atoms with Crippen LogP contribution in [0.4, 0.5) is 0 Å². The monoisotopic (exact) mass is 579 g/mol. The second-order valence-corrected chi connectivity index (χ2v) is 14.9. The number of likely N-dealkylation sites (tertiary alicyclic amines) is 1. The molecule has 2 saturated heterocycles. The van der Waals surface area contributed by atoms with Crippen molar-refractivity contribution >= 4 is 29.2 Å². The molecule has 1 aromatic heterocycles. The van der Waals surface area contributed by atoms with Gasteiger partial charge >= 0.3 is 0 Å². The highest BCUT2D eigenvalue weighted by molar-refractivity contribution is 6.36. The molecule has 0 aromatic carbocycles. The number of fused-ring (bicyclic) bond motifs is 1. The number of carbonyl (C=O) groups excluding carboxylic acids is 5. The number of ketones is 3. The van der Waals surface area contributed by atoms with E-state index in [0.717, 1.165) is 19.3 Å². The number of nitrogens with two attached hydrogens (primary N) is 1. The molecule has 9 nitrogen and oxygen atoms in total. The van der Waals surface area contributed by atoms with Gasteiger partial charge in [-0.25, -0.2) is 0 Å². The van der Waals surface area contributed by atoms with E-state index >= 15 is 0 Å². The SMILES string of the molecule is CC(C)(C)[C@H](CC(=O)c1ccccn1)C(=O)N1C[C@]2(C[C@H]1C(=O)CC(CC1CCC1)C(=O)C(N)=O)C(C)(C)C21COC1. The molecule has 228 valence electrons. The third-order valence-electron chi connectivity index (χ3n) is 11.5. The Hall–Kier alpha value is -2.94. The number of rotatable bonds is 11. The number of aromatic nitrogens is 1. The molecule has 2 aliphatic carbocycles. The van der Waals surface area contributed by atoms with E-state index < -0.39 is 35.0 Å². The van der Waals surface area contributed by atoms with Crippen molar-refractivity contribution in [2.45, 2.75) is 85.6 Å². The normalized spacial score (nSPS) is 27.2. The maximum atomic E-state index is 14.5. The maximum Gasteiger partial charge on any atom is 0.285 e. The Morgan fingerprint density at radius 2 is 1.76 bits per heavy atom.